The number of nitrogens with zero attached hydrogens (tertiary/aromatic N) is 2. The van der Waals surface area contributed by atoms with Crippen molar-refractivity contribution in [3.8, 4) is 0 Å². The van der Waals surface area contributed by atoms with E-state index in [1.165, 1.54) is 11.8 Å². The molecule has 0 spiro atoms. The lowest BCUT2D eigenvalue weighted by Gasteiger charge is -2.10. The van der Waals surface area contributed by atoms with Gasteiger partial charge in [0.1, 0.15) is 11.6 Å². The van der Waals surface area contributed by atoms with Gasteiger partial charge in [0.25, 0.3) is 0 Å². The van der Waals surface area contributed by atoms with Crippen LogP contribution in [0.3, 0.4) is 0 Å². The number of rotatable bonds is 4. The van der Waals surface area contributed by atoms with Crippen molar-refractivity contribution in [3.05, 3.63) is 33.8 Å². The van der Waals surface area contributed by atoms with Gasteiger partial charge in [-0.25, -0.2) is 15.8 Å². The third-order valence-corrected chi connectivity index (χ3v) is 3.70. The van der Waals surface area contributed by atoms with Gasteiger partial charge in [0.15, 0.2) is 5.16 Å². The molecule has 0 aliphatic carbocycles. The Morgan fingerprint density at radius 2 is 2.00 bits per heavy atom. The van der Waals surface area contributed by atoms with Gasteiger partial charge in [0.2, 0.25) is 0 Å². The monoisotopic (exact) mass is 359 g/mol. The van der Waals surface area contributed by atoms with Crippen LogP contribution in [-0.2, 0) is 0 Å². The van der Waals surface area contributed by atoms with Crippen LogP contribution in [0.1, 0.15) is 0 Å². The van der Waals surface area contributed by atoms with Crippen LogP contribution >= 0.6 is 39.3 Å². The molecule has 0 unspecified atom stereocenters. The molecule has 100 valence electrons. The number of hydrogen-bond donors (Lipinski definition) is 3. The van der Waals surface area contributed by atoms with E-state index >= 15 is 0 Å². The first-order valence-electron chi connectivity index (χ1n) is 5.24. The fourth-order valence-corrected chi connectivity index (χ4v) is 2.28. The minimum Gasteiger partial charge on any atom is -0.339 e. The Labute approximate surface area is 128 Å². The van der Waals surface area contributed by atoms with E-state index in [1.54, 1.807) is 12.1 Å². The van der Waals surface area contributed by atoms with Crippen molar-refractivity contribution in [1.82, 2.24) is 9.97 Å². The molecule has 1 aromatic carbocycles. The molecule has 0 aliphatic rings. The molecule has 8 heteroatoms. The SMILES string of the molecule is CSc1nc(NN)cc(Nc2cc(Cl)ccc2Br)n1. The molecular weight excluding hydrogens is 350 g/mol. The highest BCUT2D eigenvalue weighted by atomic mass is 79.9. The smallest absolute Gasteiger partial charge is 0.191 e. The predicted molar refractivity (Wildman–Crippen MR) is 84.1 cm³/mol. The highest BCUT2D eigenvalue weighted by molar-refractivity contribution is 9.10. The third-order valence-electron chi connectivity index (χ3n) is 2.23. The topological polar surface area (TPSA) is 75.9 Å². The van der Waals surface area contributed by atoms with Crippen LogP contribution in [0.2, 0.25) is 5.02 Å². The number of benzene rings is 1. The molecule has 0 saturated heterocycles. The lowest BCUT2D eigenvalue weighted by Crippen LogP contribution is -2.10. The Hall–Kier alpha value is -1.02. The summed E-state index contributed by atoms with van der Waals surface area (Å²) in [6.45, 7) is 0. The molecule has 0 amide bonds. The van der Waals surface area contributed by atoms with Gasteiger partial charge in [-0.05, 0) is 40.4 Å². The minimum absolute atomic E-state index is 0.542. The fraction of sp³-hybridized carbons (Fsp3) is 0.0909. The van der Waals surface area contributed by atoms with Crippen LogP contribution < -0.4 is 16.6 Å². The number of hydrazine groups is 1. The summed E-state index contributed by atoms with van der Waals surface area (Å²) in [6, 6.07) is 7.19. The molecule has 19 heavy (non-hydrogen) atoms. The summed E-state index contributed by atoms with van der Waals surface area (Å²) >= 11 is 10.9. The van der Waals surface area contributed by atoms with Crippen molar-refractivity contribution in [1.29, 1.82) is 0 Å². The van der Waals surface area contributed by atoms with Crippen LogP contribution in [0.4, 0.5) is 17.3 Å². The van der Waals surface area contributed by atoms with Crippen LogP contribution in [0.15, 0.2) is 33.9 Å². The summed E-state index contributed by atoms with van der Waals surface area (Å²) in [6.07, 6.45) is 1.90. The molecule has 0 aliphatic heterocycles. The van der Waals surface area contributed by atoms with Crippen LogP contribution in [-0.4, -0.2) is 16.2 Å². The Bertz CT molecular complexity index is 573. The zero-order valence-corrected chi connectivity index (χ0v) is 13.1. The Morgan fingerprint density at radius 1 is 1.26 bits per heavy atom. The number of thioether (sulfide) groups is 1. The Kier molecular flexibility index (Phi) is 4.87. The van der Waals surface area contributed by atoms with Crippen molar-refractivity contribution < 1.29 is 0 Å². The molecule has 1 heterocycles. The molecule has 0 saturated carbocycles. The van der Waals surface area contributed by atoms with E-state index in [4.69, 9.17) is 17.4 Å². The summed E-state index contributed by atoms with van der Waals surface area (Å²) in [5.41, 5.74) is 3.33. The molecular formula is C11H11BrClN5S. The zero-order valence-electron chi connectivity index (χ0n) is 9.95. The normalized spacial score (nSPS) is 10.3. The van der Waals surface area contributed by atoms with Gasteiger partial charge in [-0.15, -0.1) is 0 Å². The number of nitrogen functional groups attached to an aromatic ring is 1. The number of aromatic nitrogens is 2. The van der Waals surface area contributed by atoms with Crippen molar-refractivity contribution in [2.75, 3.05) is 17.0 Å². The first kappa shape index (κ1) is 14.4. The highest BCUT2D eigenvalue weighted by Gasteiger charge is 2.06. The molecule has 0 atom stereocenters. The van der Waals surface area contributed by atoms with Crippen molar-refractivity contribution in [2.45, 2.75) is 5.16 Å². The summed E-state index contributed by atoms with van der Waals surface area (Å²) in [5.74, 6) is 6.56. The van der Waals surface area contributed by atoms with E-state index in [-0.39, 0.29) is 0 Å². The number of halogens is 2. The van der Waals surface area contributed by atoms with Gasteiger partial charge in [-0.3, -0.25) is 0 Å². The predicted octanol–water partition coefficient (Wildman–Crippen LogP) is 3.64. The van der Waals surface area contributed by atoms with Crippen LogP contribution in [0.5, 0.6) is 0 Å². The zero-order chi connectivity index (χ0) is 13.8. The van der Waals surface area contributed by atoms with Crippen LogP contribution in [0, 0.1) is 0 Å². The van der Waals surface area contributed by atoms with E-state index in [0.29, 0.717) is 21.8 Å². The molecule has 2 aromatic rings. The summed E-state index contributed by atoms with van der Waals surface area (Å²) in [7, 11) is 0. The van der Waals surface area contributed by atoms with E-state index in [2.05, 4.69) is 36.6 Å². The Balaban J connectivity index is 2.34. The molecule has 0 fully saturated rings. The molecule has 4 N–H and O–H groups in total. The van der Waals surface area contributed by atoms with E-state index in [0.717, 1.165) is 10.2 Å². The number of nitrogens with one attached hydrogen (secondary N) is 2. The molecule has 1 aromatic heterocycles. The maximum atomic E-state index is 5.97. The number of hydrogen-bond acceptors (Lipinski definition) is 6. The maximum absolute atomic E-state index is 5.97. The third kappa shape index (κ3) is 3.73. The lowest BCUT2D eigenvalue weighted by atomic mass is 10.3. The van der Waals surface area contributed by atoms with Gasteiger partial charge in [-0.1, -0.05) is 23.4 Å². The fourth-order valence-electron chi connectivity index (χ4n) is 1.39. The Morgan fingerprint density at radius 3 is 2.68 bits per heavy atom. The first-order valence-corrected chi connectivity index (χ1v) is 7.63. The first-order chi connectivity index (χ1) is 9.12. The van der Waals surface area contributed by atoms with Gasteiger partial charge in [0.05, 0.1) is 5.69 Å². The number of nitrogens with two attached hydrogens (primary N) is 1. The largest absolute Gasteiger partial charge is 0.339 e. The second-order valence-electron chi connectivity index (χ2n) is 3.52. The maximum Gasteiger partial charge on any atom is 0.191 e. The average molecular weight is 361 g/mol. The van der Waals surface area contributed by atoms with E-state index in [1.807, 2.05) is 18.4 Å². The quantitative estimate of drug-likeness (QED) is 0.334. The average Bonchev–Trinajstić information content (AvgIpc) is 2.42. The molecule has 0 bridgehead atoms. The number of anilines is 3. The molecule has 5 nitrogen and oxygen atoms in total. The highest BCUT2D eigenvalue weighted by Crippen LogP contribution is 2.29. The summed E-state index contributed by atoms with van der Waals surface area (Å²) in [4.78, 5) is 8.54. The van der Waals surface area contributed by atoms with E-state index in [9.17, 15) is 0 Å². The van der Waals surface area contributed by atoms with Gasteiger partial charge >= 0.3 is 0 Å². The summed E-state index contributed by atoms with van der Waals surface area (Å²) in [5, 5.41) is 4.43. The van der Waals surface area contributed by atoms with Gasteiger partial charge < -0.3 is 10.7 Å². The lowest BCUT2D eigenvalue weighted by molar-refractivity contribution is 0.971. The van der Waals surface area contributed by atoms with Gasteiger partial charge in [-0.2, -0.15) is 0 Å². The van der Waals surface area contributed by atoms with E-state index < -0.39 is 0 Å². The summed E-state index contributed by atoms with van der Waals surface area (Å²) < 4.78 is 0.892. The standard InChI is InChI=1S/C11H11BrClN5S/c1-19-11-16-9(5-10(17-11)18-14)15-8-4-6(13)2-3-7(8)12/h2-5H,14H2,1H3,(H2,15,16,17,18). The second-order valence-corrected chi connectivity index (χ2v) is 5.58. The van der Waals surface area contributed by atoms with Crippen molar-refractivity contribution in [2.24, 2.45) is 5.84 Å². The molecule has 0 radical (unpaired) electrons. The molecule has 2 rings (SSSR count). The second kappa shape index (κ2) is 6.42. The van der Waals surface area contributed by atoms with Gasteiger partial charge in [0, 0.05) is 15.6 Å². The van der Waals surface area contributed by atoms with Crippen LogP contribution in [0.25, 0.3) is 0 Å². The van der Waals surface area contributed by atoms with Crippen molar-refractivity contribution >= 4 is 56.6 Å². The van der Waals surface area contributed by atoms with Crippen molar-refractivity contribution in [3.63, 3.8) is 0 Å². The minimum atomic E-state index is 0.542.